The molecule has 1 aromatic heterocycles. The standard InChI is InChI=1S/C11H16Br2N2OS/c1-8(17(2)16)3-4-14-7-11-10(13)5-9(12)6-15-11/h5-6,8,14H,3-4,7H2,1-2H3. The Morgan fingerprint density at radius 2 is 2.24 bits per heavy atom. The molecule has 0 bridgehead atoms. The van der Waals surface area contributed by atoms with Crippen molar-refractivity contribution in [1.82, 2.24) is 10.3 Å². The van der Waals surface area contributed by atoms with Crippen molar-refractivity contribution < 1.29 is 4.21 Å². The van der Waals surface area contributed by atoms with Crippen molar-refractivity contribution >= 4 is 42.7 Å². The largest absolute Gasteiger partial charge is 0.311 e. The minimum absolute atomic E-state index is 0.240. The smallest absolute Gasteiger partial charge is 0.0684 e. The highest BCUT2D eigenvalue weighted by Crippen LogP contribution is 2.19. The zero-order chi connectivity index (χ0) is 12.8. The number of nitrogens with zero attached hydrogens (tertiary/aromatic N) is 1. The SMILES string of the molecule is CC(CCNCc1ncc(Br)cc1Br)S(C)=O. The minimum atomic E-state index is -0.737. The summed E-state index contributed by atoms with van der Waals surface area (Å²) in [6.45, 7) is 3.58. The third-order valence-corrected chi connectivity index (χ3v) is 4.96. The van der Waals surface area contributed by atoms with E-state index in [2.05, 4.69) is 42.2 Å². The fourth-order valence-electron chi connectivity index (χ4n) is 1.25. The van der Waals surface area contributed by atoms with Gasteiger partial charge in [-0.05, 0) is 50.9 Å². The van der Waals surface area contributed by atoms with Crippen molar-refractivity contribution in [2.45, 2.75) is 25.1 Å². The van der Waals surface area contributed by atoms with Crippen LogP contribution in [-0.2, 0) is 17.3 Å². The van der Waals surface area contributed by atoms with E-state index in [1.807, 2.05) is 13.0 Å². The first-order valence-electron chi connectivity index (χ1n) is 5.33. The van der Waals surface area contributed by atoms with Crippen LogP contribution in [0.25, 0.3) is 0 Å². The number of pyridine rings is 1. The van der Waals surface area contributed by atoms with Crippen LogP contribution in [0.4, 0.5) is 0 Å². The molecule has 0 aliphatic rings. The van der Waals surface area contributed by atoms with Gasteiger partial charge in [-0.2, -0.15) is 0 Å². The predicted octanol–water partition coefficient (Wildman–Crippen LogP) is 2.85. The fraction of sp³-hybridized carbons (Fsp3) is 0.545. The molecule has 96 valence electrons. The van der Waals surface area contributed by atoms with E-state index in [1.165, 1.54) is 0 Å². The second-order valence-corrected chi connectivity index (χ2v) is 7.43. The number of hydrogen-bond donors (Lipinski definition) is 1. The second-order valence-electron chi connectivity index (χ2n) is 3.86. The lowest BCUT2D eigenvalue weighted by Gasteiger charge is -2.09. The number of halogens is 2. The summed E-state index contributed by atoms with van der Waals surface area (Å²) in [6.07, 6.45) is 4.44. The number of aromatic nitrogens is 1. The van der Waals surface area contributed by atoms with Crippen LogP contribution in [0.3, 0.4) is 0 Å². The van der Waals surface area contributed by atoms with Gasteiger partial charge in [-0.25, -0.2) is 0 Å². The Labute approximate surface area is 121 Å². The van der Waals surface area contributed by atoms with Crippen molar-refractivity contribution in [1.29, 1.82) is 0 Å². The Morgan fingerprint density at radius 3 is 2.82 bits per heavy atom. The Kier molecular flexibility index (Phi) is 6.84. The van der Waals surface area contributed by atoms with E-state index >= 15 is 0 Å². The molecule has 6 heteroatoms. The molecular formula is C11H16Br2N2OS. The van der Waals surface area contributed by atoms with E-state index < -0.39 is 10.8 Å². The summed E-state index contributed by atoms with van der Waals surface area (Å²) in [5, 5.41) is 3.55. The average Bonchev–Trinajstić information content (AvgIpc) is 2.26. The van der Waals surface area contributed by atoms with Gasteiger partial charge in [0.15, 0.2) is 0 Å². The molecule has 0 amide bonds. The summed E-state index contributed by atoms with van der Waals surface area (Å²) in [4.78, 5) is 4.31. The molecule has 1 aromatic rings. The quantitative estimate of drug-likeness (QED) is 0.768. The van der Waals surface area contributed by atoms with Crippen molar-refractivity contribution in [2.75, 3.05) is 12.8 Å². The van der Waals surface area contributed by atoms with Crippen LogP contribution >= 0.6 is 31.9 Å². The van der Waals surface area contributed by atoms with Gasteiger partial charge in [-0.1, -0.05) is 6.92 Å². The lowest BCUT2D eigenvalue weighted by Crippen LogP contribution is -2.21. The molecule has 0 saturated carbocycles. The first-order valence-corrected chi connectivity index (χ1v) is 8.54. The lowest BCUT2D eigenvalue weighted by molar-refractivity contribution is 0.622. The van der Waals surface area contributed by atoms with Gasteiger partial charge in [0.2, 0.25) is 0 Å². The molecule has 3 nitrogen and oxygen atoms in total. The van der Waals surface area contributed by atoms with Crippen LogP contribution in [0.2, 0.25) is 0 Å². The second kappa shape index (κ2) is 7.61. The Balaban J connectivity index is 2.34. The predicted molar refractivity (Wildman–Crippen MR) is 79.5 cm³/mol. The van der Waals surface area contributed by atoms with Gasteiger partial charge in [0.25, 0.3) is 0 Å². The van der Waals surface area contributed by atoms with E-state index in [0.29, 0.717) is 0 Å². The van der Waals surface area contributed by atoms with Crippen molar-refractivity contribution in [2.24, 2.45) is 0 Å². The summed E-state index contributed by atoms with van der Waals surface area (Å²) in [5.74, 6) is 0. The average molecular weight is 384 g/mol. The summed E-state index contributed by atoms with van der Waals surface area (Å²) in [5.41, 5.74) is 0.985. The van der Waals surface area contributed by atoms with Gasteiger partial charge in [-0.15, -0.1) is 0 Å². The molecule has 1 N–H and O–H groups in total. The van der Waals surface area contributed by atoms with Gasteiger partial charge < -0.3 is 5.32 Å². The molecule has 0 aromatic carbocycles. The van der Waals surface area contributed by atoms with E-state index in [-0.39, 0.29) is 5.25 Å². The summed E-state index contributed by atoms with van der Waals surface area (Å²) < 4.78 is 13.1. The van der Waals surface area contributed by atoms with E-state index in [4.69, 9.17) is 0 Å². The molecule has 0 fully saturated rings. The zero-order valence-electron chi connectivity index (χ0n) is 9.87. The summed E-state index contributed by atoms with van der Waals surface area (Å²) in [6, 6.07) is 1.98. The molecule has 0 spiro atoms. The van der Waals surface area contributed by atoms with Crippen LogP contribution < -0.4 is 5.32 Å². The third kappa shape index (κ3) is 5.59. The molecule has 0 aliphatic heterocycles. The van der Waals surface area contributed by atoms with Crippen molar-refractivity contribution in [3.05, 3.63) is 26.9 Å². The maximum atomic E-state index is 11.2. The van der Waals surface area contributed by atoms with Crippen LogP contribution in [0.15, 0.2) is 21.2 Å². The first kappa shape index (κ1) is 15.3. The topological polar surface area (TPSA) is 42.0 Å². The molecule has 0 saturated heterocycles. The van der Waals surface area contributed by atoms with Crippen LogP contribution in [0.1, 0.15) is 19.0 Å². The van der Waals surface area contributed by atoms with E-state index in [0.717, 1.165) is 34.1 Å². The zero-order valence-corrected chi connectivity index (χ0v) is 13.9. The number of rotatable bonds is 6. The summed E-state index contributed by atoms with van der Waals surface area (Å²) >= 11 is 6.84. The molecule has 17 heavy (non-hydrogen) atoms. The van der Waals surface area contributed by atoms with E-state index in [9.17, 15) is 4.21 Å². The Bertz CT molecular complexity index is 401. The van der Waals surface area contributed by atoms with Crippen LogP contribution in [-0.4, -0.2) is 27.2 Å². The number of hydrogen-bond acceptors (Lipinski definition) is 3. The normalized spacial score (nSPS) is 14.6. The highest BCUT2D eigenvalue weighted by Gasteiger charge is 2.06. The molecule has 0 radical (unpaired) electrons. The summed E-state index contributed by atoms with van der Waals surface area (Å²) in [7, 11) is -0.737. The Hall–Kier alpha value is 0.220. The fourth-order valence-corrected chi connectivity index (χ4v) is 2.83. The van der Waals surface area contributed by atoms with Gasteiger partial charge in [0, 0.05) is 44.0 Å². The lowest BCUT2D eigenvalue weighted by atomic mass is 10.3. The highest BCUT2D eigenvalue weighted by molar-refractivity contribution is 9.11. The Morgan fingerprint density at radius 1 is 1.53 bits per heavy atom. The molecule has 2 atom stereocenters. The molecule has 1 rings (SSSR count). The maximum absolute atomic E-state index is 11.2. The highest BCUT2D eigenvalue weighted by atomic mass is 79.9. The van der Waals surface area contributed by atoms with Gasteiger partial charge >= 0.3 is 0 Å². The molecule has 2 unspecified atom stereocenters. The maximum Gasteiger partial charge on any atom is 0.0684 e. The third-order valence-electron chi connectivity index (χ3n) is 2.47. The first-order chi connectivity index (χ1) is 8.00. The van der Waals surface area contributed by atoms with E-state index in [1.54, 1.807) is 12.5 Å². The molecule has 1 heterocycles. The monoisotopic (exact) mass is 382 g/mol. The molecule has 0 aliphatic carbocycles. The van der Waals surface area contributed by atoms with Gasteiger partial charge in [0.05, 0.1) is 5.69 Å². The van der Waals surface area contributed by atoms with Gasteiger partial charge in [0.1, 0.15) is 0 Å². The number of nitrogens with one attached hydrogen (secondary N) is 1. The minimum Gasteiger partial charge on any atom is -0.311 e. The van der Waals surface area contributed by atoms with Gasteiger partial charge in [-0.3, -0.25) is 9.19 Å². The van der Waals surface area contributed by atoms with Crippen molar-refractivity contribution in [3.8, 4) is 0 Å². The van der Waals surface area contributed by atoms with Crippen LogP contribution in [0, 0.1) is 0 Å². The van der Waals surface area contributed by atoms with Crippen LogP contribution in [0.5, 0.6) is 0 Å². The molecular weight excluding hydrogens is 368 g/mol. The van der Waals surface area contributed by atoms with Crippen molar-refractivity contribution in [3.63, 3.8) is 0 Å².